The lowest BCUT2D eigenvalue weighted by Gasteiger charge is -1.68. The molecule has 0 aliphatic rings. The van der Waals surface area contributed by atoms with Crippen molar-refractivity contribution in [3.05, 3.63) is 0 Å². The summed E-state index contributed by atoms with van der Waals surface area (Å²) in [6.07, 6.45) is 0. The van der Waals surface area contributed by atoms with Gasteiger partial charge in [-0.05, 0) is 0 Å². The average molecular weight is 197 g/mol. The molecular weight excluding hydrogens is 193 g/mol. The molecule has 7 heteroatoms. The molecule has 0 spiro atoms. The smallest absolute Gasteiger partial charge is 0.309 e. The molecule has 0 unspecified atom stereocenters. The van der Waals surface area contributed by atoms with Crippen molar-refractivity contribution in [1.82, 2.24) is 0 Å². The maximum Gasteiger partial charge on any atom is 0.309 e. The van der Waals surface area contributed by atoms with Crippen LogP contribution in [0.1, 0.15) is 0 Å². The van der Waals surface area contributed by atoms with Gasteiger partial charge >= 0.3 is 6.03 Å². The zero-order chi connectivity index (χ0) is 7.15. The standard InChI is InChI=1S/CH4N2O.Cl3P/c2-1(3)4;1-4(2)3/h(H4,2,3,4);. The number of primary amides is 2. The van der Waals surface area contributed by atoms with Gasteiger partial charge in [0.15, 0.2) is 5.98 Å². The number of rotatable bonds is 0. The van der Waals surface area contributed by atoms with Gasteiger partial charge < -0.3 is 11.5 Å². The van der Waals surface area contributed by atoms with Gasteiger partial charge in [-0.2, -0.15) is 0 Å². The number of carbonyl (C=O) groups is 1. The first-order chi connectivity index (χ1) is 3.46. The average Bonchev–Trinajstić information content (AvgIpc) is 1.25. The van der Waals surface area contributed by atoms with Gasteiger partial charge in [0.1, 0.15) is 0 Å². The Bertz CT molecular complexity index is 61.5. The molecular formula is CH4Cl3N2OP. The van der Waals surface area contributed by atoms with Crippen LogP contribution in [-0.4, -0.2) is 6.03 Å². The largest absolute Gasteiger partial charge is 0.352 e. The molecule has 0 aromatic heterocycles. The molecule has 0 atom stereocenters. The molecule has 50 valence electrons. The molecule has 0 rings (SSSR count). The van der Waals surface area contributed by atoms with E-state index in [9.17, 15) is 0 Å². The van der Waals surface area contributed by atoms with Crippen LogP contribution in [-0.2, 0) is 0 Å². The molecule has 0 aliphatic heterocycles. The molecule has 0 saturated carbocycles. The zero-order valence-electron chi connectivity index (χ0n) is 3.64. The van der Waals surface area contributed by atoms with Gasteiger partial charge in [0.25, 0.3) is 0 Å². The van der Waals surface area contributed by atoms with Gasteiger partial charge in [-0.25, -0.2) is 4.79 Å². The van der Waals surface area contributed by atoms with E-state index in [1.807, 2.05) is 0 Å². The molecule has 0 heterocycles. The fourth-order valence-corrected chi connectivity index (χ4v) is 0. The lowest BCUT2D eigenvalue weighted by molar-refractivity contribution is 0.256. The Morgan fingerprint density at radius 1 is 1.25 bits per heavy atom. The fraction of sp³-hybridized carbons (Fsp3) is 0. The van der Waals surface area contributed by atoms with E-state index < -0.39 is 12.0 Å². The van der Waals surface area contributed by atoms with Crippen molar-refractivity contribution in [1.29, 1.82) is 0 Å². The van der Waals surface area contributed by atoms with E-state index in [-0.39, 0.29) is 0 Å². The first kappa shape index (κ1) is 11.4. The molecule has 0 radical (unpaired) electrons. The van der Waals surface area contributed by atoms with Crippen molar-refractivity contribution in [2.24, 2.45) is 11.5 Å². The quantitative estimate of drug-likeness (QED) is 0.573. The van der Waals surface area contributed by atoms with Gasteiger partial charge in [0, 0.05) is 0 Å². The third-order valence-corrected chi connectivity index (χ3v) is 0. The Morgan fingerprint density at radius 3 is 1.25 bits per heavy atom. The van der Waals surface area contributed by atoms with Crippen molar-refractivity contribution < 1.29 is 4.79 Å². The highest BCUT2D eigenvalue weighted by molar-refractivity contribution is 8.20. The van der Waals surface area contributed by atoms with Crippen molar-refractivity contribution in [2.45, 2.75) is 0 Å². The van der Waals surface area contributed by atoms with Crippen LogP contribution in [0.15, 0.2) is 0 Å². The van der Waals surface area contributed by atoms with Crippen LogP contribution in [0, 0.1) is 0 Å². The van der Waals surface area contributed by atoms with E-state index in [4.69, 9.17) is 38.5 Å². The summed E-state index contributed by atoms with van der Waals surface area (Å²) in [4.78, 5) is 9.00. The molecule has 0 bridgehead atoms. The van der Waals surface area contributed by atoms with E-state index in [1.54, 1.807) is 0 Å². The molecule has 2 amide bonds. The molecule has 0 aromatic rings. The van der Waals surface area contributed by atoms with E-state index in [0.717, 1.165) is 0 Å². The number of hydrogen-bond acceptors (Lipinski definition) is 1. The number of urea groups is 1. The number of hydrogen-bond donors (Lipinski definition) is 2. The second-order valence-corrected chi connectivity index (χ2v) is 5.58. The number of carbonyl (C=O) groups excluding carboxylic acids is 1. The third kappa shape index (κ3) is 627. The summed E-state index contributed by atoms with van der Waals surface area (Å²) >= 11 is 14.6. The van der Waals surface area contributed by atoms with Crippen LogP contribution >= 0.6 is 39.7 Å². The Morgan fingerprint density at radius 2 is 1.25 bits per heavy atom. The van der Waals surface area contributed by atoms with E-state index in [1.165, 1.54) is 0 Å². The van der Waals surface area contributed by atoms with Gasteiger partial charge in [0.05, 0.1) is 0 Å². The second-order valence-electron chi connectivity index (χ2n) is 0.594. The van der Waals surface area contributed by atoms with E-state index in [0.29, 0.717) is 0 Å². The molecule has 0 aliphatic carbocycles. The van der Waals surface area contributed by atoms with Gasteiger partial charge in [-0.3, -0.25) is 0 Å². The highest BCUT2D eigenvalue weighted by atomic mass is 36.0. The van der Waals surface area contributed by atoms with Crippen LogP contribution in [0.5, 0.6) is 0 Å². The summed E-state index contributed by atoms with van der Waals surface area (Å²) in [6.45, 7) is 0. The lowest BCUT2D eigenvalue weighted by Crippen LogP contribution is -2.18. The predicted octanol–water partition coefficient (Wildman–Crippen LogP) is 1.95. The van der Waals surface area contributed by atoms with Crippen LogP contribution < -0.4 is 11.5 Å². The number of nitrogens with two attached hydrogens (primary N) is 2. The first-order valence-corrected chi connectivity index (χ1v) is 5.35. The molecule has 0 saturated heterocycles. The number of halogens is 3. The summed E-state index contributed by atoms with van der Waals surface area (Å²) in [5, 5.41) is 0. The molecule has 0 aromatic carbocycles. The molecule has 3 nitrogen and oxygen atoms in total. The van der Waals surface area contributed by atoms with Crippen LogP contribution in [0.25, 0.3) is 0 Å². The van der Waals surface area contributed by atoms with E-state index >= 15 is 0 Å². The van der Waals surface area contributed by atoms with Gasteiger partial charge in [-0.1, -0.05) is 33.7 Å². The van der Waals surface area contributed by atoms with Gasteiger partial charge in [0.2, 0.25) is 0 Å². The second kappa shape index (κ2) is 7.57. The topological polar surface area (TPSA) is 69.1 Å². The minimum atomic E-state index is -1.20. The zero-order valence-corrected chi connectivity index (χ0v) is 6.81. The Hall–Kier alpha value is 0.570. The Kier molecular flexibility index (Phi) is 10.8. The molecule has 8 heavy (non-hydrogen) atoms. The summed E-state index contributed by atoms with van der Waals surface area (Å²) in [6, 6.07) is -0.833. The minimum absolute atomic E-state index is 0.833. The summed E-state index contributed by atoms with van der Waals surface area (Å²) in [5.41, 5.74) is 8.50. The van der Waals surface area contributed by atoms with Gasteiger partial charge in [-0.15, -0.1) is 0 Å². The fourth-order valence-electron chi connectivity index (χ4n) is 0. The van der Waals surface area contributed by atoms with Crippen molar-refractivity contribution >= 4 is 45.7 Å². The summed E-state index contributed by atoms with van der Waals surface area (Å²) < 4.78 is 0. The van der Waals surface area contributed by atoms with Crippen molar-refractivity contribution in [2.75, 3.05) is 0 Å². The van der Waals surface area contributed by atoms with Crippen molar-refractivity contribution in [3.8, 4) is 0 Å². The van der Waals surface area contributed by atoms with Crippen LogP contribution in [0.4, 0.5) is 4.79 Å². The van der Waals surface area contributed by atoms with Crippen LogP contribution in [0.2, 0.25) is 0 Å². The highest BCUT2D eigenvalue weighted by Crippen LogP contribution is 2.51. The first-order valence-electron chi connectivity index (χ1n) is 1.29. The SMILES string of the molecule is ClP(Cl)Cl.NC(N)=O. The maximum atomic E-state index is 9.00. The third-order valence-electron chi connectivity index (χ3n) is 0. The monoisotopic (exact) mass is 196 g/mol. The Balaban J connectivity index is 0. The minimum Gasteiger partial charge on any atom is -0.352 e. The number of amides is 2. The molecule has 4 N–H and O–H groups in total. The Labute approximate surface area is 62.4 Å². The summed E-state index contributed by atoms with van der Waals surface area (Å²) in [5.74, 6) is -1.20. The van der Waals surface area contributed by atoms with Crippen molar-refractivity contribution in [3.63, 3.8) is 0 Å². The summed E-state index contributed by atoms with van der Waals surface area (Å²) in [7, 11) is 0. The lowest BCUT2D eigenvalue weighted by atomic mass is 11.2. The normalized spacial score (nSPS) is 7.50. The molecule has 0 fully saturated rings. The van der Waals surface area contributed by atoms with Crippen LogP contribution in [0.3, 0.4) is 0 Å². The highest BCUT2D eigenvalue weighted by Gasteiger charge is 1.80. The maximum absolute atomic E-state index is 9.00. The van der Waals surface area contributed by atoms with E-state index in [2.05, 4.69) is 11.5 Å². The predicted molar refractivity (Wildman–Crippen MR) is 38.2 cm³/mol.